The van der Waals surface area contributed by atoms with Crippen LogP contribution in [0.25, 0.3) is 0 Å². The van der Waals surface area contributed by atoms with Crippen LogP contribution in [0.15, 0.2) is 24.3 Å². The number of unbranched alkanes of at least 4 members (excludes halogenated alkanes) is 2. The van der Waals surface area contributed by atoms with Crippen LogP contribution < -0.4 is 10.1 Å². The fourth-order valence-corrected chi connectivity index (χ4v) is 2.77. The maximum Gasteiger partial charge on any atom is 0.123 e. The van der Waals surface area contributed by atoms with E-state index < -0.39 is 0 Å². The number of ether oxygens (including phenoxy) is 1. The molecule has 0 bridgehead atoms. The third-order valence-electron chi connectivity index (χ3n) is 4.21. The van der Waals surface area contributed by atoms with Gasteiger partial charge in [-0.25, -0.2) is 0 Å². The molecule has 2 heteroatoms. The number of para-hydroxylation sites is 1. The summed E-state index contributed by atoms with van der Waals surface area (Å²) in [5, 5.41) is 3.75. The number of methoxy groups -OCH3 is 1. The van der Waals surface area contributed by atoms with Crippen LogP contribution in [-0.4, -0.2) is 13.7 Å². The van der Waals surface area contributed by atoms with E-state index in [4.69, 9.17) is 4.74 Å². The highest BCUT2D eigenvalue weighted by Gasteiger charge is 2.20. The van der Waals surface area contributed by atoms with Crippen molar-refractivity contribution in [3.8, 4) is 5.75 Å². The quantitative estimate of drug-likeness (QED) is 0.587. The summed E-state index contributed by atoms with van der Waals surface area (Å²) in [6, 6.07) is 8.71. The van der Waals surface area contributed by atoms with Crippen LogP contribution >= 0.6 is 0 Å². The molecule has 0 radical (unpaired) electrons. The Morgan fingerprint density at radius 2 is 1.86 bits per heavy atom. The molecule has 0 amide bonds. The van der Waals surface area contributed by atoms with Gasteiger partial charge in [-0.05, 0) is 24.3 Å². The first-order valence-electron chi connectivity index (χ1n) is 8.40. The third-order valence-corrected chi connectivity index (χ3v) is 4.21. The van der Waals surface area contributed by atoms with Crippen molar-refractivity contribution in [1.82, 2.24) is 5.32 Å². The maximum absolute atomic E-state index is 5.50. The number of nitrogens with one attached hydrogen (secondary N) is 1. The zero-order valence-corrected chi connectivity index (χ0v) is 14.5. The molecule has 1 aromatic rings. The van der Waals surface area contributed by atoms with E-state index in [2.05, 4.69) is 45.1 Å². The van der Waals surface area contributed by atoms with Gasteiger partial charge in [0.2, 0.25) is 0 Å². The van der Waals surface area contributed by atoms with Crippen molar-refractivity contribution in [2.45, 2.75) is 65.8 Å². The second kappa shape index (κ2) is 9.09. The first-order valence-corrected chi connectivity index (χ1v) is 8.40. The number of benzene rings is 1. The Hall–Kier alpha value is -1.02. The van der Waals surface area contributed by atoms with Crippen LogP contribution in [0.2, 0.25) is 0 Å². The third kappa shape index (κ3) is 6.09. The van der Waals surface area contributed by atoms with Gasteiger partial charge in [-0.15, -0.1) is 0 Å². The summed E-state index contributed by atoms with van der Waals surface area (Å²) in [5.41, 5.74) is 1.62. The summed E-state index contributed by atoms with van der Waals surface area (Å²) < 4.78 is 5.50. The Labute approximate surface area is 131 Å². The SMILES string of the molecule is CCCCCC(C)(C)CNC(CC)c1ccccc1OC. The van der Waals surface area contributed by atoms with Gasteiger partial charge in [0, 0.05) is 18.2 Å². The molecule has 0 aliphatic rings. The number of hydrogen-bond acceptors (Lipinski definition) is 2. The van der Waals surface area contributed by atoms with Crippen molar-refractivity contribution in [3.05, 3.63) is 29.8 Å². The van der Waals surface area contributed by atoms with E-state index in [1.54, 1.807) is 7.11 Å². The van der Waals surface area contributed by atoms with Gasteiger partial charge in [-0.2, -0.15) is 0 Å². The van der Waals surface area contributed by atoms with Crippen LogP contribution in [-0.2, 0) is 0 Å². The molecule has 1 N–H and O–H groups in total. The monoisotopic (exact) mass is 291 g/mol. The van der Waals surface area contributed by atoms with Gasteiger partial charge in [-0.3, -0.25) is 0 Å². The average molecular weight is 291 g/mol. The van der Waals surface area contributed by atoms with Crippen molar-refractivity contribution >= 4 is 0 Å². The summed E-state index contributed by atoms with van der Waals surface area (Å²) in [6.07, 6.45) is 6.33. The second-order valence-electron chi connectivity index (χ2n) is 6.71. The molecule has 2 nitrogen and oxygen atoms in total. The largest absolute Gasteiger partial charge is 0.496 e. The van der Waals surface area contributed by atoms with Gasteiger partial charge in [-0.1, -0.05) is 65.2 Å². The van der Waals surface area contributed by atoms with Crippen molar-refractivity contribution in [2.24, 2.45) is 5.41 Å². The molecule has 120 valence electrons. The Morgan fingerprint density at radius 3 is 2.48 bits per heavy atom. The minimum absolute atomic E-state index is 0.352. The lowest BCUT2D eigenvalue weighted by Crippen LogP contribution is -2.32. The van der Waals surface area contributed by atoms with Gasteiger partial charge >= 0.3 is 0 Å². The first-order chi connectivity index (χ1) is 10.0. The Morgan fingerprint density at radius 1 is 1.14 bits per heavy atom. The maximum atomic E-state index is 5.50. The molecule has 0 spiro atoms. The predicted octanol–water partition coefficient (Wildman–Crippen LogP) is 5.34. The lowest BCUT2D eigenvalue weighted by Gasteiger charge is -2.29. The minimum Gasteiger partial charge on any atom is -0.496 e. The van der Waals surface area contributed by atoms with Crippen molar-refractivity contribution in [1.29, 1.82) is 0 Å². The van der Waals surface area contributed by atoms with Crippen LogP contribution in [0.1, 0.15) is 71.4 Å². The molecular formula is C19H33NO. The van der Waals surface area contributed by atoms with E-state index in [1.807, 2.05) is 12.1 Å². The lowest BCUT2D eigenvalue weighted by atomic mass is 9.86. The van der Waals surface area contributed by atoms with Gasteiger partial charge in [0.1, 0.15) is 5.75 Å². The van der Waals surface area contributed by atoms with Gasteiger partial charge < -0.3 is 10.1 Å². The second-order valence-corrected chi connectivity index (χ2v) is 6.71. The molecule has 0 fully saturated rings. The number of hydrogen-bond donors (Lipinski definition) is 1. The topological polar surface area (TPSA) is 21.3 Å². The molecule has 21 heavy (non-hydrogen) atoms. The summed E-state index contributed by atoms with van der Waals surface area (Å²) in [7, 11) is 1.75. The number of rotatable bonds is 10. The van der Waals surface area contributed by atoms with Crippen molar-refractivity contribution in [3.63, 3.8) is 0 Å². The van der Waals surface area contributed by atoms with E-state index in [-0.39, 0.29) is 0 Å². The van der Waals surface area contributed by atoms with Crippen LogP contribution in [0.3, 0.4) is 0 Å². The van der Waals surface area contributed by atoms with Crippen LogP contribution in [0.5, 0.6) is 5.75 Å². The summed E-state index contributed by atoms with van der Waals surface area (Å²) in [6.45, 7) is 10.3. The highest BCUT2D eigenvalue weighted by atomic mass is 16.5. The van der Waals surface area contributed by atoms with Crippen molar-refractivity contribution < 1.29 is 4.74 Å². The zero-order valence-electron chi connectivity index (χ0n) is 14.5. The van der Waals surface area contributed by atoms with Crippen molar-refractivity contribution in [2.75, 3.05) is 13.7 Å². The fourth-order valence-electron chi connectivity index (χ4n) is 2.77. The molecule has 1 unspecified atom stereocenters. The smallest absolute Gasteiger partial charge is 0.123 e. The summed E-state index contributed by atoms with van der Waals surface area (Å²) in [4.78, 5) is 0. The Balaban J connectivity index is 2.61. The molecule has 0 saturated carbocycles. The normalized spacial score (nSPS) is 13.2. The van der Waals surface area contributed by atoms with Gasteiger partial charge in [0.05, 0.1) is 7.11 Å². The molecule has 0 aliphatic heterocycles. The minimum atomic E-state index is 0.352. The van der Waals surface area contributed by atoms with Gasteiger partial charge in [0.25, 0.3) is 0 Å². The molecule has 1 atom stereocenters. The standard InChI is InChI=1S/C19H33NO/c1-6-8-11-14-19(3,4)15-20-17(7-2)16-12-9-10-13-18(16)21-5/h9-10,12-13,17,20H,6-8,11,14-15H2,1-5H3. The van der Waals surface area contributed by atoms with E-state index >= 15 is 0 Å². The summed E-state index contributed by atoms with van der Waals surface area (Å²) in [5.74, 6) is 0.987. The average Bonchev–Trinajstić information content (AvgIpc) is 2.48. The van der Waals surface area contributed by atoms with E-state index in [9.17, 15) is 0 Å². The molecule has 0 aromatic heterocycles. The lowest BCUT2D eigenvalue weighted by molar-refractivity contribution is 0.283. The predicted molar refractivity (Wildman–Crippen MR) is 92.0 cm³/mol. The molecule has 0 heterocycles. The fraction of sp³-hybridized carbons (Fsp3) is 0.684. The molecule has 1 rings (SSSR count). The molecule has 0 aliphatic carbocycles. The highest BCUT2D eigenvalue weighted by molar-refractivity contribution is 5.35. The summed E-state index contributed by atoms with van der Waals surface area (Å²) >= 11 is 0. The molecular weight excluding hydrogens is 258 g/mol. The Kier molecular flexibility index (Phi) is 7.81. The van der Waals surface area contributed by atoms with E-state index in [0.717, 1.165) is 18.7 Å². The Bertz CT molecular complexity index is 400. The van der Waals surface area contributed by atoms with E-state index in [0.29, 0.717) is 11.5 Å². The first kappa shape index (κ1) is 18.0. The molecule has 1 aromatic carbocycles. The zero-order chi connectivity index (χ0) is 15.7. The van der Waals surface area contributed by atoms with E-state index in [1.165, 1.54) is 31.2 Å². The molecule has 0 saturated heterocycles. The van der Waals surface area contributed by atoms with Gasteiger partial charge in [0.15, 0.2) is 0 Å². The highest BCUT2D eigenvalue weighted by Crippen LogP contribution is 2.29. The van der Waals surface area contributed by atoms with Crippen LogP contribution in [0, 0.1) is 5.41 Å². The van der Waals surface area contributed by atoms with Crippen LogP contribution in [0.4, 0.5) is 0 Å².